The van der Waals surface area contributed by atoms with E-state index in [2.05, 4.69) is 19.9 Å². The van der Waals surface area contributed by atoms with Gasteiger partial charge in [0, 0.05) is 76.8 Å². The summed E-state index contributed by atoms with van der Waals surface area (Å²) in [6.45, 7) is 3.18. The number of anilines is 4. The molecule has 0 aliphatic rings. The number of nitrogens with zero attached hydrogens (tertiary/aromatic N) is 6. The molecule has 0 fully saturated rings. The molecule has 91 heavy (non-hydrogen) atoms. The van der Waals surface area contributed by atoms with Crippen molar-refractivity contribution in [3.8, 4) is 39.7 Å². The molecule has 12 rings (SSSR count). The van der Waals surface area contributed by atoms with E-state index in [1.807, 2.05) is 6.92 Å². The van der Waals surface area contributed by atoms with Crippen LogP contribution in [0.2, 0.25) is 5.02 Å². The zero-order valence-corrected chi connectivity index (χ0v) is 50.5. The summed E-state index contributed by atoms with van der Waals surface area (Å²) in [6, 6.07) is 31.9. The lowest BCUT2D eigenvalue weighted by atomic mass is 10.0. The molecule has 0 amide bonds. The molecule has 0 aliphatic carbocycles. The summed E-state index contributed by atoms with van der Waals surface area (Å²) in [5, 5.41) is 9.88. The lowest BCUT2D eigenvalue weighted by molar-refractivity contribution is -0.137. The Balaban J connectivity index is 0.000000150. The van der Waals surface area contributed by atoms with Crippen LogP contribution in [0.3, 0.4) is 0 Å². The lowest BCUT2D eigenvalue weighted by Crippen LogP contribution is -2.22. The highest BCUT2D eigenvalue weighted by Crippen LogP contribution is 2.46. The van der Waals surface area contributed by atoms with Crippen molar-refractivity contribution in [2.24, 2.45) is 0 Å². The van der Waals surface area contributed by atoms with E-state index in [1.54, 1.807) is 110 Å². The highest BCUT2D eigenvalue weighted by Gasteiger charge is 2.38. The van der Waals surface area contributed by atoms with Crippen LogP contribution in [-0.2, 0) is 18.9 Å². The first-order valence-electron chi connectivity index (χ1n) is 26.8. The molecular weight excluding hydrogens is 1250 g/mol. The van der Waals surface area contributed by atoms with Gasteiger partial charge in [0.15, 0.2) is 5.78 Å². The van der Waals surface area contributed by atoms with Crippen molar-refractivity contribution >= 4 is 111 Å². The Morgan fingerprint density at radius 1 is 0.648 bits per heavy atom. The molecule has 8 heterocycles. The molecule has 4 aromatic carbocycles. The van der Waals surface area contributed by atoms with Crippen LogP contribution in [0.5, 0.6) is 11.5 Å². The number of hydrogen-bond acceptors (Lipinski definition) is 17. The zero-order chi connectivity index (χ0) is 65.8. The molecule has 0 radical (unpaired) electrons. The smallest absolute Gasteiger partial charge is 0.417 e. The van der Waals surface area contributed by atoms with Gasteiger partial charge >= 0.3 is 12.4 Å². The Labute approximate surface area is 524 Å². The van der Waals surface area contributed by atoms with Crippen molar-refractivity contribution in [1.29, 1.82) is 0 Å². The predicted octanol–water partition coefficient (Wildman–Crippen LogP) is 13.6. The topological polar surface area (TPSA) is 272 Å². The van der Waals surface area contributed by atoms with Crippen LogP contribution in [0, 0.1) is 12.7 Å². The summed E-state index contributed by atoms with van der Waals surface area (Å²) in [5.74, 6) is -0.378. The maximum atomic E-state index is 13.8. The van der Waals surface area contributed by atoms with Gasteiger partial charge in [0.05, 0.1) is 98.5 Å². The van der Waals surface area contributed by atoms with Gasteiger partial charge in [-0.15, -0.1) is 22.7 Å². The number of nitrogens with two attached hydrogens (primary N) is 4. The van der Waals surface area contributed by atoms with Crippen LogP contribution < -0.4 is 43.5 Å². The molecule has 0 aliphatic heterocycles. The molecule has 0 saturated carbocycles. The molecule has 27 heteroatoms. The standard InChI is InChI=1S/C20H11F4N3OS.C20H17N3O4.C17H13F3N2O2S.C7H9ClN2/c21-12-5-3-10(4-6-12)17(28)18-16(25)15-13(20(22,23)24)8-14(27-19(15)29-18)11-2-1-7-26-9-11;1-27-14-4-2-3-13(11-14)23-8-6-18-16(20(23)26)12-15-17(21-18)5-7-22(9-10-24)19(15)25;1-8(23)15-14(21)13-11(17(18,19)20)7-12(22-16(13)25-15)9-4-3-5-10(6-9)24-2;1-4-2-5(8)3-6(9)7(4)10/h1-9H,25H2;2-8,11-12,24H,9-10H2,1H3;3-7H,21H2,1-2H3;2-3H,9-10H2,1H3. The van der Waals surface area contributed by atoms with Crippen LogP contribution in [0.1, 0.15) is 48.5 Å². The Bertz CT molecular complexity index is 4860. The van der Waals surface area contributed by atoms with Crippen molar-refractivity contribution in [1.82, 2.24) is 29.1 Å². The van der Waals surface area contributed by atoms with Crippen LogP contribution in [0.4, 0.5) is 53.5 Å². The van der Waals surface area contributed by atoms with Gasteiger partial charge in [-0.25, -0.2) is 19.3 Å². The van der Waals surface area contributed by atoms with Gasteiger partial charge in [-0.05, 0) is 116 Å². The monoisotopic (exact) mass is 1300 g/mol. The van der Waals surface area contributed by atoms with Crippen molar-refractivity contribution in [2.75, 3.05) is 43.8 Å². The molecule has 0 spiro atoms. The number of aliphatic hydroxyl groups is 1. The van der Waals surface area contributed by atoms with Crippen molar-refractivity contribution in [2.45, 2.75) is 32.7 Å². The molecule has 12 aromatic rings. The van der Waals surface area contributed by atoms with Gasteiger partial charge in [-0.1, -0.05) is 29.8 Å². The normalized spacial score (nSPS) is 11.4. The van der Waals surface area contributed by atoms with E-state index in [0.29, 0.717) is 66.5 Å². The average molecular weight is 1300 g/mol. The summed E-state index contributed by atoms with van der Waals surface area (Å²) in [5.41, 5.74) is 24.9. The molecule has 466 valence electrons. The number of Topliss-reactive ketones (excluding diaryl/α,β-unsaturated/α-hetero) is 1. The fourth-order valence-electron chi connectivity index (χ4n) is 9.34. The summed E-state index contributed by atoms with van der Waals surface area (Å²) < 4.78 is 108. The number of ether oxygens (including phenoxy) is 2. The zero-order valence-electron chi connectivity index (χ0n) is 48.1. The molecule has 17 nitrogen and oxygen atoms in total. The van der Waals surface area contributed by atoms with E-state index in [1.165, 1.54) is 47.7 Å². The van der Waals surface area contributed by atoms with Crippen LogP contribution in [-0.4, -0.2) is 66.6 Å². The van der Waals surface area contributed by atoms with Crippen molar-refractivity contribution < 1.29 is 54.9 Å². The van der Waals surface area contributed by atoms with E-state index in [-0.39, 0.29) is 82.8 Å². The van der Waals surface area contributed by atoms with Crippen molar-refractivity contribution in [3.05, 3.63) is 216 Å². The summed E-state index contributed by atoms with van der Waals surface area (Å²) >= 11 is 7.32. The largest absolute Gasteiger partial charge is 0.497 e. The summed E-state index contributed by atoms with van der Waals surface area (Å²) in [7, 11) is 3.03. The van der Waals surface area contributed by atoms with E-state index in [9.17, 15) is 49.9 Å². The fourth-order valence-corrected chi connectivity index (χ4v) is 11.7. The highest BCUT2D eigenvalue weighted by molar-refractivity contribution is 7.21. The maximum Gasteiger partial charge on any atom is 0.417 e. The number of carbonyl (C=O) groups excluding carboxylic acids is 2. The fraction of sp³-hybridized carbons (Fsp3) is 0.125. The average Bonchev–Trinajstić information content (AvgIpc) is 1.60. The first-order valence-corrected chi connectivity index (χ1v) is 28.8. The maximum absolute atomic E-state index is 13.8. The summed E-state index contributed by atoms with van der Waals surface area (Å²) in [6.07, 6.45) is -3.19. The number of nitrogen functional groups attached to an aromatic ring is 4. The van der Waals surface area contributed by atoms with Crippen LogP contribution in [0.15, 0.2) is 162 Å². The molecule has 8 aromatic heterocycles. The minimum atomic E-state index is -4.70. The van der Waals surface area contributed by atoms with E-state index in [0.717, 1.165) is 52.5 Å². The number of thiophene rings is 2. The highest BCUT2D eigenvalue weighted by atomic mass is 35.5. The number of halogens is 8. The van der Waals surface area contributed by atoms with Gasteiger partial charge < -0.3 is 42.1 Å². The minimum absolute atomic E-state index is 0.0124. The first-order chi connectivity index (χ1) is 43.2. The van der Waals surface area contributed by atoms with Crippen LogP contribution >= 0.6 is 34.3 Å². The number of ketones is 2. The number of hydrogen-bond donors (Lipinski definition) is 5. The number of aromatic nitrogens is 6. The van der Waals surface area contributed by atoms with E-state index < -0.39 is 40.9 Å². The quantitative estimate of drug-likeness (QED) is 0.0369. The van der Waals surface area contributed by atoms with Gasteiger partial charge in [-0.2, -0.15) is 26.3 Å². The second-order valence-electron chi connectivity index (χ2n) is 19.8. The number of methoxy groups -OCH3 is 2. The number of carbonyl (C=O) groups is 2. The molecule has 0 atom stereocenters. The summed E-state index contributed by atoms with van der Waals surface area (Å²) in [4.78, 5) is 67.0. The second-order valence-corrected chi connectivity index (χ2v) is 22.3. The Kier molecular flexibility index (Phi) is 19.2. The molecule has 9 N–H and O–H groups in total. The van der Waals surface area contributed by atoms with Gasteiger partial charge in [-0.3, -0.25) is 28.7 Å². The van der Waals surface area contributed by atoms with Gasteiger partial charge in [0.25, 0.3) is 11.1 Å². The van der Waals surface area contributed by atoms with E-state index in [4.69, 9.17) is 49.1 Å². The number of pyridine rings is 6. The number of fused-ring (bicyclic) bond motifs is 4. The number of alkyl halides is 6. The number of rotatable bonds is 10. The molecule has 0 unspecified atom stereocenters. The van der Waals surface area contributed by atoms with Gasteiger partial charge in [0.2, 0.25) is 5.78 Å². The van der Waals surface area contributed by atoms with E-state index >= 15 is 0 Å². The molecular formula is C64H50ClF7N10O7S2. The number of benzene rings is 4. The number of aryl methyl sites for hydroxylation is 1. The number of aliphatic hydroxyl groups excluding tert-OH is 1. The Morgan fingerprint density at radius 3 is 1.78 bits per heavy atom. The molecule has 0 saturated heterocycles. The predicted molar refractivity (Wildman–Crippen MR) is 341 cm³/mol. The third-order valence-electron chi connectivity index (χ3n) is 13.8. The SMILES string of the molecule is COc1cccc(-c2cc(C(F)(F)F)c3c(N)c(C(C)=O)sc3n2)c1.COc1cccc(-n2ccc3nc4ccn(CCO)c(=O)c4cc3c2=O)c1.Cc1cc(Cl)cc(N)c1N.Nc1c(C(=O)c2ccc(F)cc2)sc2nc(-c3cccnc3)cc(C(F)(F)F)c12. The first kappa shape index (κ1) is 65.2. The Morgan fingerprint density at radius 2 is 1.21 bits per heavy atom. The Hall–Kier alpha value is -10.3. The van der Waals surface area contributed by atoms with Crippen LogP contribution in [0.25, 0.3) is 70.4 Å². The minimum Gasteiger partial charge on any atom is -0.497 e. The second kappa shape index (κ2) is 26.8. The van der Waals surface area contributed by atoms with Gasteiger partial charge in [0.1, 0.15) is 31.9 Å². The third kappa shape index (κ3) is 14.1. The third-order valence-corrected chi connectivity index (χ3v) is 16.4. The lowest BCUT2D eigenvalue weighted by Gasteiger charge is -2.11. The molecule has 0 bridgehead atoms. The van der Waals surface area contributed by atoms with Crippen molar-refractivity contribution in [3.63, 3.8) is 0 Å².